The Balaban J connectivity index is 0.000000491. The number of alkyl halides is 3. The smallest absolute Gasteiger partial charge is 0.422 e. The number of aryl methyl sites for hydroxylation is 1. The third kappa shape index (κ3) is 5.92. The van der Waals surface area contributed by atoms with Crippen molar-refractivity contribution < 1.29 is 22.6 Å². The second kappa shape index (κ2) is 11.6. The molecule has 0 atom stereocenters. The molecule has 0 bridgehead atoms. The first kappa shape index (κ1) is 29.7. The van der Waals surface area contributed by atoms with Crippen LogP contribution in [0.5, 0.6) is 11.8 Å². The maximum Gasteiger partial charge on any atom is 0.422 e. The van der Waals surface area contributed by atoms with Crippen LogP contribution in [0.15, 0.2) is 24.4 Å². The first-order chi connectivity index (χ1) is 20.6. The number of fused-ring (bicyclic) bond motifs is 2. The van der Waals surface area contributed by atoms with Gasteiger partial charge in [-0.1, -0.05) is 17.7 Å². The van der Waals surface area contributed by atoms with Gasteiger partial charge in [0.1, 0.15) is 11.3 Å². The van der Waals surface area contributed by atoms with Gasteiger partial charge in [0.2, 0.25) is 0 Å². The van der Waals surface area contributed by atoms with E-state index in [0.29, 0.717) is 27.7 Å². The summed E-state index contributed by atoms with van der Waals surface area (Å²) in [6, 6.07) is 5.46. The van der Waals surface area contributed by atoms with Crippen LogP contribution in [0.1, 0.15) is 24.8 Å². The summed E-state index contributed by atoms with van der Waals surface area (Å²) in [5.41, 5.74) is 2.82. The fourth-order valence-corrected chi connectivity index (χ4v) is 6.54. The summed E-state index contributed by atoms with van der Waals surface area (Å²) in [5, 5.41) is 11.8. The van der Waals surface area contributed by atoms with E-state index in [1.54, 1.807) is 12.3 Å². The molecule has 0 amide bonds. The number of methoxy groups -OCH3 is 1. The Labute approximate surface area is 252 Å². The lowest BCUT2D eigenvalue weighted by atomic mass is 9.81. The van der Waals surface area contributed by atoms with Gasteiger partial charge in [-0.25, -0.2) is 0 Å². The minimum atomic E-state index is -4.57. The number of aromatic amines is 1. The summed E-state index contributed by atoms with van der Waals surface area (Å²) in [4.78, 5) is 13.6. The van der Waals surface area contributed by atoms with Crippen LogP contribution < -0.4 is 19.7 Å². The van der Waals surface area contributed by atoms with E-state index in [9.17, 15) is 13.2 Å². The van der Waals surface area contributed by atoms with Crippen molar-refractivity contribution in [1.29, 1.82) is 0 Å². The number of anilines is 1. The number of ether oxygens (including phenoxy) is 2. The van der Waals surface area contributed by atoms with Crippen molar-refractivity contribution in [3.05, 3.63) is 35.0 Å². The summed E-state index contributed by atoms with van der Waals surface area (Å²) in [6.45, 7) is 6.35. The van der Waals surface area contributed by atoms with E-state index in [-0.39, 0.29) is 27.7 Å². The van der Waals surface area contributed by atoms with Gasteiger partial charge < -0.3 is 24.6 Å². The zero-order chi connectivity index (χ0) is 30.4. The van der Waals surface area contributed by atoms with Gasteiger partial charge in [0.15, 0.2) is 12.4 Å². The Morgan fingerprint density at radius 3 is 2.44 bits per heavy atom. The predicted molar refractivity (Wildman–Crippen MR) is 161 cm³/mol. The van der Waals surface area contributed by atoms with Crippen molar-refractivity contribution >= 4 is 39.2 Å². The van der Waals surface area contributed by atoms with E-state index in [4.69, 9.17) is 21.1 Å². The lowest BCUT2D eigenvalue weighted by Crippen LogP contribution is -2.54. The highest BCUT2D eigenvalue weighted by Crippen LogP contribution is 2.48. The van der Waals surface area contributed by atoms with Gasteiger partial charge in [0.25, 0.3) is 0 Å². The zero-order valence-corrected chi connectivity index (χ0v) is 25.2. The molecule has 3 aliphatic heterocycles. The Kier molecular flexibility index (Phi) is 8.03. The van der Waals surface area contributed by atoms with Crippen molar-refractivity contribution in [3.63, 3.8) is 0 Å². The Morgan fingerprint density at radius 1 is 1.07 bits per heavy atom. The van der Waals surface area contributed by atoms with E-state index in [1.165, 1.54) is 33.0 Å². The molecule has 13 heteroatoms. The van der Waals surface area contributed by atoms with Crippen LogP contribution in [0.4, 0.5) is 19.0 Å². The van der Waals surface area contributed by atoms with Crippen molar-refractivity contribution in [3.8, 4) is 22.9 Å². The summed E-state index contributed by atoms with van der Waals surface area (Å²) in [6.07, 6.45) is 0.862. The van der Waals surface area contributed by atoms with Gasteiger partial charge >= 0.3 is 12.2 Å². The first-order valence-electron chi connectivity index (χ1n) is 14.4. The van der Waals surface area contributed by atoms with E-state index < -0.39 is 12.8 Å². The van der Waals surface area contributed by atoms with Gasteiger partial charge in [-0.3, -0.25) is 5.10 Å². The van der Waals surface area contributed by atoms with Gasteiger partial charge in [-0.15, -0.1) is 0 Å². The monoisotopic (exact) mass is 617 g/mol. The van der Waals surface area contributed by atoms with Crippen molar-refractivity contribution in [2.45, 2.75) is 32.4 Å². The molecule has 230 valence electrons. The van der Waals surface area contributed by atoms with Gasteiger partial charge in [0.05, 0.1) is 23.8 Å². The number of aromatic nitrogens is 4. The predicted octanol–water partition coefficient (Wildman–Crippen LogP) is 5.60. The first-order valence-corrected chi connectivity index (χ1v) is 14.8. The summed E-state index contributed by atoms with van der Waals surface area (Å²) in [5.74, 6) is 0.493. The van der Waals surface area contributed by atoms with E-state index >= 15 is 0 Å². The summed E-state index contributed by atoms with van der Waals surface area (Å²) < 4.78 is 51.1. The minimum Gasteiger partial charge on any atom is -0.481 e. The quantitative estimate of drug-likeness (QED) is 0.299. The number of halogens is 4. The normalized spacial score (nSPS) is 18.3. The third-order valence-electron chi connectivity index (χ3n) is 8.57. The molecule has 2 N–H and O–H groups in total. The molecule has 43 heavy (non-hydrogen) atoms. The van der Waals surface area contributed by atoms with Crippen molar-refractivity contribution in [2.24, 2.45) is 5.41 Å². The molecule has 5 heterocycles. The Hall–Kier alpha value is -3.35. The SMILES string of the molecule is CN1CCCC1.COc1nc(N2CCC3(CNC3)C2)c2cc(Cl)c(-c3c(C)ccc4[nH]ncc34)c(OCC(F)(F)F)c2n1. The molecule has 1 spiro atoms. The van der Waals surface area contributed by atoms with Gasteiger partial charge in [-0.2, -0.15) is 28.2 Å². The van der Waals surface area contributed by atoms with Gasteiger partial charge in [0, 0.05) is 53.5 Å². The molecule has 0 aliphatic carbocycles. The van der Waals surface area contributed by atoms with Crippen LogP contribution in [0, 0.1) is 12.3 Å². The molecule has 0 saturated carbocycles. The molecule has 3 fully saturated rings. The number of H-pyrrole nitrogens is 1. The van der Waals surface area contributed by atoms with E-state index in [2.05, 4.69) is 42.3 Å². The molecule has 0 unspecified atom stereocenters. The zero-order valence-electron chi connectivity index (χ0n) is 24.4. The maximum atomic E-state index is 13.4. The molecule has 9 nitrogen and oxygen atoms in total. The molecular formula is C30H35ClF3N7O2. The average Bonchev–Trinajstić information content (AvgIpc) is 3.72. The van der Waals surface area contributed by atoms with Crippen LogP contribution in [0.3, 0.4) is 0 Å². The highest BCUT2D eigenvalue weighted by atomic mass is 35.5. The fourth-order valence-electron chi connectivity index (χ4n) is 6.25. The van der Waals surface area contributed by atoms with Crippen LogP contribution in [-0.4, -0.2) is 91.3 Å². The number of hydrogen-bond acceptors (Lipinski definition) is 8. The number of benzene rings is 2. The van der Waals surface area contributed by atoms with Crippen molar-refractivity contribution in [2.75, 3.05) is 64.9 Å². The number of likely N-dealkylation sites (tertiary alicyclic amines) is 1. The minimum absolute atomic E-state index is 0.0403. The molecule has 3 saturated heterocycles. The van der Waals surface area contributed by atoms with Crippen LogP contribution in [0.25, 0.3) is 32.9 Å². The fraction of sp³-hybridized carbons (Fsp3) is 0.500. The van der Waals surface area contributed by atoms with Crippen LogP contribution in [0.2, 0.25) is 5.02 Å². The second-order valence-corrected chi connectivity index (χ2v) is 12.2. The molecule has 2 aromatic heterocycles. The Morgan fingerprint density at radius 2 is 1.84 bits per heavy atom. The lowest BCUT2D eigenvalue weighted by Gasteiger charge is -2.39. The van der Waals surface area contributed by atoms with Crippen LogP contribution >= 0.6 is 11.6 Å². The second-order valence-electron chi connectivity index (χ2n) is 11.8. The molecule has 2 aromatic carbocycles. The highest BCUT2D eigenvalue weighted by Gasteiger charge is 2.44. The van der Waals surface area contributed by atoms with Gasteiger partial charge in [-0.05, 0) is 64.0 Å². The lowest BCUT2D eigenvalue weighted by molar-refractivity contribution is -0.153. The van der Waals surface area contributed by atoms with Crippen molar-refractivity contribution in [1.82, 2.24) is 30.4 Å². The third-order valence-corrected chi connectivity index (χ3v) is 8.87. The highest BCUT2D eigenvalue weighted by molar-refractivity contribution is 6.35. The summed E-state index contributed by atoms with van der Waals surface area (Å²) in [7, 11) is 3.60. The Bertz CT molecular complexity index is 1630. The largest absolute Gasteiger partial charge is 0.481 e. The molecular weight excluding hydrogens is 583 g/mol. The number of hydrogen-bond donors (Lipinski definition) is 2. The van der Waals surface area contributed by atoms with E-state index in [1.807, 2.05) is 19.1 Å². The topological polar surface area (TPSA) is 91.4 Å². The van der Waals surface area contributed by atoms with E-state index in [0.717, 1.165) is 43.7 Å². The number of rotatable bonds is 5. The number of nitrogens with one attached hydrogen (secondary N) is 2. The summed E-state index contributed by atoms with van der Waals surface area (Å²) >= 11 is 6.87. The number of nitrogens with zero attached hydrogens (tertiary/aromatic N) is 5. The molecule has 7 rings (SSSR count). The average molecular weight is 618 g/mol. The van der Waals surface area contributed by atoms with Crippen LogP contribution in [-0.2, 0) is 0 Å². The molecule has 4 aromatic rings. The standard InChI is InChI=1S/C25H24ClF3N6O2.C5H11N/c1-13-3-4-17-15(8-31-34-17)18(13)19-16(26)7-14-20(21(19)37-12-25(27,28)29)32-23(36-2)33-22(14)35-6-5-24(11-35)9-30-10-24;1-6-4-2-3-5-6/h3-4,7-8,30H,5-6,9-12H2,1-2H3,(H,31,34);2-5H2,1H3. The molecule has 3 aliphatic rings. The molecule has 0 radical (unpaired) electrons. The maximum absolute atomic E-state index is 13.4.